The van der Waals surface area contributed by atoms with Crippen LogP contribution in [0.15, 0.2) is 36.4 Å². The minimum atomic E-state index is -0.0786. The molecule has 0 aliphatic heterocycles. The zero-order valence-electron chi connectivity index (χ0n) is 15.9. The summed E-state index contributed by atoms with van der Waals surface area (Å²) in [5, 5.41) is 11.5. The van der Waals surface area contributed by atoms with Crippen molar-refractivity contribution in [3.63, 3.8) is 0 Å². The Morgan fingerprint density at radius 2 is 1.82 bits per heavy atom. The number of aromatic hydroxyl groups is 1. The van der Waals surface area contributed by atoms with Gasteiger partial charge in [-0.2, -0.15) is 0 Å². The van der Waals surface area contributed by atoms with Crippen LogP contribution in [0.25, 0.3) is 23.1 Å². The minimum absolute atomic E-state index is 0.0786. The van der Waals surface area contributed by atoms with Gasteiger partial charge in [0, 0.05) is 5.39 Å². The summed E-state index contributed by atoms with van der Waals surface area (Å²) in [4.78, 5) is 4.47. The number of hydrogen-bond acceptors (Lipinski definition) is 4. The summed E-state index contributed by atoms with van der Waals surface area (Å²) in [7, 11) is 1.62. The van der Waals surface area contributed by atoms with Gasteiger partial charge in [0.05, 0.1) is 29.5 Å². The van der Waals surface area contributed by atoms with Gasteiger partial charge in [-0.15, -0.1) is 0 Å². The average molecular weight is 418 g/mol. The summed E-state index contributed by atoms with van der Waals surface area (Å²) in [5.74, 6) is 1.72. The van der Waals surface area contributed by atoms with Crippen molar-refractivity contribution in [3.05, 3.63) is 57.7 Å². The molecule has 6 heteroatoms. The molecule has 1 N–H and O–H groups in total. The van der Waals surface area contributed by atoms with Crippen LogP contribution in [-0.4, -0.2) is 23.8 Å². The molecular weight excluding hydrogens is 397 g/mol. The Balaban J connectivity index is 1.91. The van der Waals surface area contributed by atoms with Gasteiger partial charge in [0.25, 0.3) is 0 Å². The largest absolute Gasteiger partial charge is 0.504 e. The lowest BCUT2D eigenvalue weighted by molar-refractivity contribution is 0.257. The van der Waals surface area contributed by atoms with Gasteiger partial charge in [-0.1, -0.05) is 49.2 Å². The zero-order chi connectivity index (χ0) is 20.3. The molecule has 1 aromatic heterocycles. The normalized spacial score (nSPS) is 11.5. The van der Waals surface area contributed by atoms with Crippen LogP contribution in [0, 0.1) is 5.92 Å². The van der Waals surface area contributed by atoms with Crippen LogP contribution in [0.3, 0.4) is 0 Å². The highest BCUT2D eigenvalue weighted by Crippen LogP contribution is 2.36. The molecule has 0 aliphatic rings. The van der Waals surface area contributed by atoms with E-state index in [9.17, 15) is 5.11 Å². The highest BCUT2D eigenvalue weighted by Gasteiger charge is 2.11. The lowest BCUT2D eigenvalue weighted by Gasteiger charge is -2.13. The maximum atomic E-state index is 10.2. The first kappa shape index (κ1) is 20.3. The van der Waals surface area contributed by atoms with Crippen LogP contribution in [0.4, 0.5) is 0 Å². The molecule has 0 amide bonds. The second-order valence-corrected chi connectivity index (χ2v) is 7.58. The first-order valence-electron chi connectivity index (χ1n) is 8.85. The molecular formula is C22H21Cl2NO3. The maximum absolute atomic E-state index is 10.2. The molecule has 0 bridgehead atoms. The van der Waals surface area contributed by atoms with Crippen molar-refractivity contribution in [2.45, 2.75) is 13.8 Å². The number of nitrogens with zero attached hydrogens (tertiary/aromatic N) is 1. The smallest absolute Gasteiger partial charge is 0.161 e. The van der Waals surface area contributed by atoms with E-state index in [1.54, 1.807) is 7.11 Å². The van der Waals surface area contributed by atoms with Crippen molar-refractivity contribution in [2.75, 3.05) is 13.7 Å². The lowest BCUT2D eigenvalue weighted by Crippen LogP contribution is -2.05. The van der Waals surface area contributed by atoms with E-state index in [1.807, 2.05) is 42.5 Å². The molecule has 146 valence electrons. The molecule has 0 aliphatic carbocycles. The van der Waals surface area contributed by atoms with Crippen molar-refractivity contribution in [2.24, 2.45) is 5.92 Å². The van der Waals surface area contributed by atoms with Crippen molar-refractivity contribution >= 4 is 46.3 Å². The Kier molecular flexibility index (Phi) is 6.32. The van der Waals surface area contributed by atoms with Gasteiger partial charge in [0.15, 0.2) is 17.2 Å². The molecule has 3 aromatic rings. The standard InChI is InChI=1S/C22H21Cl2NO3/c1-13(2)12-28-20-10-14(5-9-19(20)27-3)4-6-15-7-8-16-17(23)11-18(24)22(26)21(16)25-15/h4-11,13,26H,12H2,1-3H3/b6-4+. The molecule has 3 rings (SSSR count). The first-order valence-corrected chi connectivity index (χ1v) is 9.61. The van der Waals surface area contributed by atoms with E-state index < -0.39 is 0 Å². The summed E-state index contributed by atoms with van der Waals surface area (Å²) in [5.41, 5.74) is 1.98. The predicted molar refractivity (Wildman–Crippen MR) is 116 cm³/mol. The van der Waals surface area contributed by atoms with Gasteiger partial charge in [-0.05, 0) is 47.9 Å². The molecule has 0 saturated carbocycles. The van der Waals surface area contributed by atoms with Gasteiger partial charge in [0.2, 0.25) is 0 Å². The van der Waals surface area contributed by atoms with Gasteiger partial charge in [0.1, 0.15) is 5.52 Å². The van der Waals surface area contributed by atoms with Crippen molar-refractivity contribution in [1.82, 2.24) is 4.98 Å². The SMILES string of the molecule is COc1ccc(/C=C/c2ccc3c(Cl)cc(Cl)c(O)c3n2)cc1OCC(C)C. The molecule has 0 saturated heterocycles. The van der Waals surface area contributed by atoms with Crippen LogP contribution in [0.5, 0.6) is 17.2 Å². The summed E-state index contributed by atoms with van der Waals surface area (Å²) < 4.78 is 11.2. The molecule has 0 spiro atoms. The number of methoxy groups -OCH3 is 1. The minimum Gasteiger partial charge on any atom is -0.504 e. The second-order valence-electron chi connectivity index (χ2n) is 6.77. The highest BCUT2D eigenvalue weighted by molar-refractivity contribution is 6.39. The number of phenols is 1. The fourth-order valence-corrected chi connectivity index (χ4v) is 3.17. The van der Waals surface area contributed by atoms with Gasteiger partial charge >= 0.3 is 0 Å². The third-order valence-corrected chi connectivity index (χ3v) is 4.69. The monoisotopic (exact) mass is 417 g/mol. The Labute approximate surface area is 174 Å². The number of fused-ring (bicyclic) bond motifs is 1. The molecule has 0 radical (unpaired) electrons. The Morgan fingerprint density at radius 3 is 2.54 bits per heavy atom. The Hall–Kier alpha value is -2.43. The van der Waals surface area contributed by atoms with E-state index in [1.165, 1.54) is 6.07 Å². The second kappa shape index (κ2) is 8.72. The summed E-state index contributed by atoms with van der Waals surface area (Å²) >= 11 is 12.2. The number of phenolic OH excluding ortho intramolecular Hbond substituents is 1. The molecule has 28 heavy (non-hydrogen) atoms. The number of ether oxygens (including phenoxy) is 2. The molecule has 0 fully saturated rings. The summed E-state index contributed by atoms with van der Waals surface area (Å²) in [6, 6.07) is 10.9. The summed E-state index contributed by atoms with van der Waals surface area (Å²) in [6.07, 6.45) is 3.76. The zero-order valence-corrected chi connectivity index (χ0v) is 17.4. The quantitative estimate of drug-likeness (QED) is 0.499. The predicted octanol–water partition coefficient (Wildman–Crippen LogP) is 6.46. The van der Waals surface area contributed by atoms with Crippen molar-refractivity contribution in [3.8, 4) is 17.2 Å². The fourth-order valence-electron chi connectivity index (χ4n) is 2.66. The van der Waals surface area contributed by atoms with Crippen LogP contribution in [-0.2, 0) is 0 Å². The van der Waals surface area contributed by atoms with E-state index in [0.717, 1.165) is 5.56 Å². The maximum Gasteiger partial charge on any atom is 0.161 e. The summed E-state index contributed by atoms with van der Waals surface area (Å²) in [6.45, 7) is 4.79. The number of rotatable bonds is 6. The van der Waals surface area contributed by atoms with Gasteiger partial charge in [-0.25, -0.2) is 4.98 Å². The van der Waals surface area contributed by atoms with Crippen LogP contribution in [0.1, 0.15) is 25.1 Å². The van der Waals surface area contributed by atoms with E-state index in [2.05, 4.69) is 18.8 Å². The topological polar surface area (TPSA) is 51.6 Å². The van der Waals surface area contributed by atoms with Crippen LogP contribution in [0.2, 0.25) is 10.0 Å². The Bertz CT molecular complexity index is 1030. The van der Waals surface area contributed by atoms with Gasteiger partial charge in [-0.3, -0.25) is 0 Å². The van der Waals surface area contributed by atoms with Crippen molar-refractivity contribution < 1.29 is 14.6 Å². The number of benzene rings is 2. The first-order chi connectivity index (χ1) is 13.4. The van der Waals surface area contributed by atoms with E-state index in [0.29, 0.717) is 45.6 Å². The lowest BCUT2D eigenvalue weighted by atomic mass is 10.1. The number of pyridine rings is 1. The molecule has 0 atom stereocenters. The molecule has 1 heterocycles. The van der Waals surface area contributed by atoms with Gasteiger partial charge < -0.3 is 14.6 Å². The van der Waals surface area contributed by atoms with Crippen LogP contribution >= 0.6 is 23.2 Å². The van der Waals surface area contributed by atoms with E-state index in [-0.39, 0.29) is 10.8 Å². The highest BCUT2D eigenvalue weighted by atomic mass is 35.5. The van der Waals surface area contributed by atoms with Crippen LogP contribution < -0.4 is 9.47 Å². The number of aromatic nitrogens is 1. The molecule has 2 aromatic carbocycles. The Morgan fingerprint density at radius 1 is 1.04 bits per heavy atom. The number of halogens is 2. The molecule has 0 unspecified atom stereocenters. The third-order valence-electron chi connectivity index (χ3n) is 4.08. The molecule has 4 nitrogen and oxygen atoms in total. The third kappa shape index (κ3) is 4.51. The number of hydrogen-bond donors (Lipinski definition) is 1. The fraction of sp³-hybridized carbons (Fsp3) is 0.227. The average Bonchev–Trinajstić information content (AvgIpc) is 2.68. The van der Waals surface area contributed by atoms with Crippen molar-refractivity contribution in [1.29, 1.82) is 0 Å². The van der Waals surface area contributed by atoms with E-state index >= 15 is 0 Å². The van der Waals surface area contributed by atoms with E-state index in [4.69, 9.17) is 32.7 Å².